The Morgan fingerprint density at radius 3 is 0.722 bits per heavy atom. The molecule has 10 aromatic rings. The van der Waals surface area contributed by atoms with Crippen molar-refractivity contribution in [3.8, 4) is 0 Å². The number of primary sulfonamides is 4. The van der Waals surface area contributed by atoms with Crippen LogP contribution in [0, 0.1) is 0 Å². The largest absolute Gasteiger partial charge is 0.412 e. The van der Waals surface area contributed by atoms with Gasteiger partial charge in [-0.25, -0.2) is 71.1 Å². The van der Waals surface area contributed by atoms with E-state index in [2.05, 4.69) is 0 Å². The number of ketones is 4. The van der Waals surface area contributed by atoms with Crippen LogP contribution in [0.15, 0.2) is 236 Å². The summed E-state index contributed by atoms with van der Waals surface area (Å²) in [7, 11) is -11.9. The number of carbonyl (C=O) groups excluding carboxylic acids is 4. The van der Waals surface area contributed by atoms with E-state index in [0.717, 1.165) is 21.5 Å². The van der Waals surface area contributed by atoms with Gasteiger partial charge in [-0.2, -0.15) is 0 Å². The van der Waals surface area contributed by atoms with Crippen molar-refractivity contribution in [2.75, 3.05) is 0 Å². The standard InChI is InChI=1S/2C10H7ClO2S.2C10H9NO4S.2C10H9NO2S.H3N.H2O/c2*11-14(12,13)10-7-3-5-8-4-1-2-6-9(8)10;2*11-16(14,15)9-3-1-2-6-7(12)4-5-8(13)10(6)9;2*11-14(12,13)10-7-3-5-8-4-1-2-6-9(8)10;;/h2*1-7H;2*1-3H,4-5H2,(H2,11,14,15);2*1-7H,(H2,11,12,13);1H3;1H2. The molecule has 12 rings (SSSR count). The van der Waals surface area contributed by atoms with E-state index in [0.29, 0.717) is 21.5 Å². The Labute approximate surface area is 527 Å². The zero-order valence-electron chi connectivity index (χ0n) is 46.7. The first-order chi connectivity index (χ1) is 41.2. The number of nitrogens with two attached hydrogens (primary N) is 4. The highest BCUT2D eigenvalue weighted by Crippen LogP contribution is 2.30. The lowest BCUT2D eigenvalue weighted by Gasteiger charge is -2.15. The second kappa shape index (κ2) is 29.7. The molecule has 0 bridgehead atoms. The molecule has 0 aromatic heterocycles. The van der Waals surface area contributed by atoms with E-state index in [1.165, 1.54) is 60.7 Å². The maximum Gasteiger partial charge on any atom is 0.261 e. The first-order valence-electron chi connectivity index (χ1n) is 25.5. The molecule has 10 aromatic carbocycles. The van der Waals surface area contributed by atoms with Crippen LogP contribution in [0.3, 0.4) is 0 Å². The molecule has 0 atom stereocenters. The third-order valence-electron chi connectivity index (χ3n) is 13.1. The Bertz CT molecular complexity index is 4600. The summed E-state index contributed by atoms with van der Waals surface area (Å²) in [6, 6.07) is 57.3. The lowest BCUT2D eigenvalue weighted by Crippen LogP contribution is -2.23. The number of halogens is 2. The van der Waals surface area contributed by atoms with Crippen molar-refractivity contribution in [1.29, 1.82) is 0 Å². The molecule has 30 heteroatoms. The third-order valence-corrected chi connectivity index (χ3v) is 19.7. The van der Waals surface area contributed by atoms with Crippen LogP contribution in [0.5, 0.6) is 0 Å². The van der Waals surface area contributed by atoms with Gasteiger partial charge in [0.2, 0.25) is 40.1 Å². The molecule has 90 heavy (non-hydrogen) atoms. The van der Waals surface area contributed by atoms with Gasteiger partial charge in [0.15, 0.2) is 23.1 Å². The Hall–Kier alpha value is -8.04. The molecule has 0 fully saturated rings. The maximum atomic E-state index is 11.6. The molecule has 0 unspecified atom stereocenters. The summed E-state index contributed by atoms with van der Waals surface area (Å²) in [4.78, 5) is 46.5. The zero-order chi connectivity index (χ0) is 64.6. The topological polar surface area (TPSA) is 444 Å². The molecule has 0 amide bonds. The minimum Gasteiger partial charge on any atom is -0.412 e. The monoisotopic (exact) mass is 1380 g/mol. The van der Waals surface area contributed by atoms with Gasteiger partial charge in [-0.15, -0.1) is 0 Å². The van der Waals surface area contributed by atoms with Crippen LogP contribution >= 0.6 is 21.4 Å². The predicted molar refractivity (Wildman–Crippen MR) is 345 cm³/mol. The summed E-state index contributed by atoms with van der Waals surface area (Å²) >= 11 is 0. The number of sulfonamides is 4. The van der Waals surface area contributed by atoms with E-state index in [9.17, 15) is 69.7 Å². The number of fused-ring (bicyclic) bond motifs is 6. The van der Waals surface area contributed by atoms with Gasteiger partial charge in [-0.3, -0.25) is 19.2 Å². The van der Waals surface area contributed by atoms with Gasteiger partial charge in [0.25, 0.3) is 18.1 Å². The number of carbonyl (C=O) groups is 4. The van der Waals surface area contributed by atoms with Crippen LogP contribution in [0.4, 0.5) is 0 Å². The van der Waals surface area contributed by atoms with E-state index >= 15 is 0 Å². The molecule has 0 saturated carbocycles. The van der Waals surface area contributed by atoms with E-state index in [-0.39, 0.29) is 112 Å². The fourth-order valence-electron chi connectivity index (χ4n) is 9.25. The average Bonchev–Trinajstić information content (AvgIpc) is 0.910. The first-order valence-corrected chi connectivity index (χ1v) is 36.3. The molecule has 2 aliphatic rings. The fraction of sp³-hybridized carbons (Fsp3) is 0.0667. The normalized spacial score (nSPS) is 13.0. The Morgan fingerprint density at radius 2 is 0.467 bits per heavy atom. The second-order valence-electron chi connectivity index (χ2n) is 19.0. The highest BCUT2D eigenvalue weighted by Gasteiger charge is 2.31. The second-order valence-corrected chi connectivity index (χ2v) is 30.2. The summed E-state index contributed by atoms with van der Waals surface area (Å²) in [6.45, 7) is 0. The molecule has 13 N–H and O–H groups in total. The van der Waals surface area contributed by atoms with Crippen molar-refractivity contribution in [2.24, 2.45) is 20.6 Å². The van der Waals surface area contributed by atoms with Gasteiger partial charge in [-0.05, 0) is 57.9 Å². The van der Waals surface area contributed by atoms with E-state index < -0.39 is 58.2 Å². The number of Topliss-reactive ketones (excluding diaryl/α,β-unsaturated/α-hetero) is 4. The van der Waals surface area contributed by atoms with Crippen LogP contribution in [0.2, 0.25) is 0 Å². The van der Waals surface area contributed by atoms with Crippen molar-refractivity contribution in [3.63, 3.8) is 0 Å². The van der Waals surface area contributed by atoms with Gasteiger partial charge in [0, 0.05) is 90.8 Å². The van der Waals surface area contributed by atoms with Gasteiger partial charge in [0.05, 0.1) is 29.4 Å². The Morgan fingerprint density at radius 1 is 0.267 bits per heavy atom. The summed E-state index contributed by atoms with van der Waals surface area (Å²) in [5.74, 6) is -1.14. The summed E-state index contributed by atoms with van der Waals surface area (Å²) in [5, 5.41) is 26.3. The van der Waals surface area contributed by atoms with Crippen LogP contribution < -0.4 is 26.7 Å². The van der Waals surface area contributed by atoms with Crippen LogP contribution in [0.1, 0.15) is 67.1 Å². The minimum absolute atomic E-state index is 0. The minimum atomic E-state index is -3.97. The van der Waals surface area contributed by atoms with Crippen LogP contribution in [-0.4, -0.2) is 79.1 Å². The fourth-order valence-corrected chi connectivity index (χ4v) is 14.5. The SMILES string of the molecule is N.NS(=O)(=O)c1cccc2c1C(=O)CCC2=O.NS(=O)(=O)c1cccc2c1C(=O)CCC2=O.NS(=O)(=O)c1cccc2ccccc12.NS(=O)(=O)c1cccc2ccccc12.O.O=S(=O)(Cl)c1cccc2ccccc12.O=S(=O)(Cl)c1cccc2ccccc12. The van der Waals surface area contributed by atoms with Crippen molar-refractivity contribution in [2.45, 2.75) is 55.1 Å². The van der Waals surface area contributed by atoms with Crippen molar-refractivity contribution >= 4 is 146 Å². The van der Waals surface area contributed by atoms with Gasteiger partial charge in [-0.1, -0.05) is 170 Å². The number of rotatable bonds is 6. The molecular formula is C60H55Cl2N5O17S6. The number of hydrogen-bond acceptors (Lipinski definition) is 17. The molecular weight excluding hydrogens is 1330 g/mol. The highest BCUT2D eigenvalue weighted by molar-refractivity contribution is 8.14. The van der Waals surface area contributed by atoms with E-state index in [4.69, 9.17) is 41.9 Å². The van der Waals surface area contributed by atoms with E-state index in [1.807, 2.05) is 72.8 Å². The summed E-state index contributed by atoms with van der Waals surface area (Å²) in [6.07, 6.45) is 0.330. The molecule has 0 radical (unpaired) electrons. The molecule has 0 spiro atoms. The number of benzene rings is 10. The zero-order valence-corrected chi connectivity index (χ0v) is 53.1. The van der Waals surface area contributed by atoms with Crippen molar-refractivity contribution in [3.05, 3.63) is 229 Å². The van der Waals surface area contributed by atoms with E-state index in [1.54, 1.807) is 72.8 Å². The smallest absolute Gasteiger partial charge is 0.261 e. The highest BCUT2D eigenvalue weighted by atomic mass is 35.7. The van der Waals surface area contributed by atoms with Gasteiger partial charge < -0.3 is 11.6 Å². The number of hydrogen-bond donors (Lipinski definition) is 5. The Kier molecular flexibility index (Phi) is 24.0. The first kappa shape index (κ1) is 72.7. The third kappa shape index (κ3) is 18.1. The predicted octanol–water partition coefficient (Wildman–Crippen LogP) is 8.83. The molecule has 22 nitrogen and oxygen atoms in total. The molecule has 2 aliphatic carbocycles. The van der Waals surface area contributed by atoms with Crippen molar-refractivity contribution in [1.82, 2.24) is 6.15 Å². The maximum absolute atomic E-state index is 11.6. The lowest BCUT2D eigenvalue weighted by molar-refractivity contribution is 0.0887. The van der Waals surface area contributed by atoms with Gasteiger partial charge in [0.1, 0.15) is 0 Å². The molecule has 0 aliphatic heterocycles. The molecule has 0 saturated heterocycles. The lowest BCUT2D eigenvalue weighted by atomic mass is 9.90. The Balaban J connectivity index is 0.000000196. The van der Waals surface area contributed by atoms with Crippen molar-refractivity contribution < 1.29 is 75.2 Å². The van der Waals surface area contributed by atoms with Gasteiger partial charge >= 0.3 is 0 Å². The van der Waals surface area contributed by atoms with Crippen LogP contribution in [0.25, 0.3) is 43.1 Å². The quantitative estimate of drug-likeness (QED) is 0.0970. The van der Waals surface area contributed by atoms with Crippen LogP contribution in [-0.2, 0) is 58.2 Å². The molecule has 0 heterocycles. The average molecular weight is 1380 g/mol. The summed E-state index contributed by atoms with van der Waals surface area (Å²) in [5.41, 5.74) is 0.202. The molecule has 472 valence electrons. The summed E-state index contributed by atoms with van der Waals surface area (Å²) < 4.78 is 135.